The van der Waals surface area contributed by atoms with Gasteiger partial charge in [-0.2, -0.15) is 0 Å². The van der Waals surface area contributed by atoms with Crippen LogP contribution in [0.1, 0.15) is 0 Å². The molecule has 0 saturated heterocycles. The molecule has 1 aliphatic heterocycles. The van der Waals surface area contributed by atoms with Crippen LogP contribution in [0.15, 0.2) is 11.1 Å². The van der Waals surface area contributed by atoms with E-state index in [9.17, 15) is 17.3 Å². The highest BCUT2D eigenvalue weighted by atomic mass is 32.2. The van der Waals surface area contributed by atoms with Crippen molar-refractivity contribution in [1.29, 1.82) is 0 Å². The molecule has 0 radical (unpaired) electrons. The normalized spacial score (nSPS) is 15.9. The first-order valence-electron chi connectivity index (χ1n) is 3.74. The highest BCUT2D eigenvalue weighted by Gasteiger charge is 2.20. The Hall–Kier alpha value is -0.655. The summed E-state index contributed by atoms with van der Waals surface area (Å²) in [5, 5.41) is 1.24. The molecule has 82 valence electrons. The molecular weight excluding hydrogens is 219 g/mol. The molecule has 1 N–H and O–H groups in total. The van der Waals surface area contributed by atoms with Crippen molar-refractivity contribution >= 4 is 25.4 Å². The van der Waals surface area contributed by atoms with E-state index in [-0.39, 0.29) is 0 Å². The van der Waals surface area contributed by atoms with Gasteiger partial charge >= 0.3 is 7.25 Å². The quantitative estimate of drug-likeness (QED) is 0.523. The zero-order chi connectivity index (χ0) is 11.2. The lowest BCUT2D eigenvalue weighted by atomic mass is 10.3. The van der Waals surface area contributed by atoms with Gasteiger partial charge in [-0.05, 0) is 6.26 Å². The minimum absolute atomic E-state index is 1.02. The van der Waals surface area contributed by atoms with Crippen molar-refractivity contribution < 1.29 is 22.3 Å². The van der Waals surface area contributed by atoms with E-state index in [0.717, 1.165) is 6.54 Å². The summed E-state index contributed by atoms with van der Waals surface area (Å²) in [4.78, 5) is 5.24. The molecular formula is C6H11BF4N2S. The summed E-state index contributed by atoms with van der Waals surface area (Å²) in [7, 11) is -3.96. The van der Waals surface area contributed by atoms with E-state index in [1.54, 1.807) is 11.8 Å². The van der Waals surface area contributed by atoms with Crippen LogP contribution in [0.5, 0.6) is 0 Å². The van der Waals surface area contributed by atoms with Gasteiger partial charge < -0.3 is 17.3 Å². The van der Waals surface area contributed by atoms with Gasteiger partial charge in [0.2, 0.25) is 6.34 Å². The van der Waals surface area contributed by atoms with Gasteiger partial charge in [-0.1, -0.05) is 11.8 Å². The van der Waals surface area contributed by atoms with E-state index in [0.29, 0.717) is 0 Å². The molecule has 0 aromatic rings. The molecule has 0 saturated carbocycles. The van der Waals surface area contributed by atoms with E-state index in [4.69, 9.17) is 0 Å². The summed E-state index contributed by atoms with van der Waals surface area (Å²) >= 11 is 1.74. The van der Waals surface area contributed by atoms with Gasteiger partial charge in [0.15, 0.2) is 5.03 Å². The maximum absolute atomic E-state index is 9.75. The van der Waals surface area contributed by atoms with Crippen LogP contribution < -0.4 is 4.99 Å². The van der Waals surface area contributed by atoms with Crippen LogP contribution in [0.25, 0.3) is 0 Å². The van der Waals surface area contributed by atoms with Gasteiger partial charge in [0, 0.05) is 6.08 Å². The lowest BCUT2D eigenvalue weighted by Gasteiger charge is -2.06. The van der Waals surface area contributed by atoms with Gasteiger partial charge in [-0.3, -0.25) is 4.90 Å². The summed E-state index contributed by atoms with van der Waals surface area (Å²) in [6, 6.07) is 0. The van der Waals surface area contributed by atoms with Crippen LogP contribution >= 0.6 is 11.8 Å². The standard InChI is InChI=1S/C6H10N2S.BF4/c1-8-4-3-6(9-2)7-5-8;2-1(3,4)5/h3,5H,4H2,1-2H3;/q;-1/p+1. The van der Waals surface area contributed by atoms with Crippen LogP contribution in [-0.4, -0.2) is 38.3 Å². The third kappa shape index (κ3) is 9.43. The van der Waals surface area contributed by atoms with Crippen molar-refractivity contribution in [3.8, 4) is 0 Å². The first kappa shape index (κ1) is 13.3. The molecule has 0 aromatic carbocycles. The van der Waals surface area contributed by atoms with Crippen molar-refractivity contribution in [3.63, 3.8) is 0 Å². The Morgan fingerprint density at radius 2 is 1.93 bits per heavy atom. The number of likely N-dealkylation sites (N-methyl/N-ethyl adjacent to an activating group) is 1. The largest absolute Gasteiger partial charge is 0.673 e. The molecule has 0 spiro atoms. The fraction of sp³-hybridized carbons (Fsp3) is 0.500. The lowest BCUT2D eigenvalue weighted by Crippen LogP contribution is -2.70. The molecule has 14 heavy (non-hydrogen) atoms. The second-order valence-corrected chi connectivity index (χ2v) is 3.33. The maximum atomic E-state index is 9.75. The Bertz CT molecular complexity index is 222. The van der Waals surface area contributed by atoms with Crippen molar-refractivity contribution in [1.82, 2.24) is 4.90 Å². The van der Waals surface area contributed by atoms with E-state index in [1.807, 2.05) is 13.4 Å². The maximum Gasteiger partial charge on any atom is 0.673 e. The number of thioether (sulfide) groups is 1. The second kappa shape index (κ2) is 5.95. The summed E-state index contributed by atoms with van der Waals surface area (Å²) in [6.45, 7) is 1.02. The smallest absolute Gasteiger partial charge is 0.418 e. The van der Waals surface area contributed by atoms with E-state index < -0.39 is 7.25 Å². The first-order chi connectivity index (χ1) is 6.33. The predicted molar refractivity (Wildman–Crippen MR) is 51.4 cm³/mol. The van der Waals surface area contributed by atoms with Crippen molar-refractivity contribution in [2.45, 2.75) is 0 Å². The predicted octanol–water partition coefficient (Wildman–Crippen LogP) is 0.545. The molecule has 0 amide bonds. The Balaban J connectivity index is 0.000000292. The number of nitrogens with zero attached hydrogens (tertiary/aromatic N) is 1. The lowest BCUT2D eigenvalue weighted by molar-refractivity contribution is -0.384. The zero-order valence-corrected chi connectivity index (χ0v) is 8.62. The minimum Gasteiger partial charge on any atom is -0.418 e. The molecule has 0 unspecified atom stereocenters. The molecule has 0 aliphatic carbocycles. The molecule has 2 nitrogen and oxygen atoms in total. The number of hydrogen-bond donors (Lipinski definition) is 1. The van der Waals surface area contributed by atoms with Crippen molar-refractivity contribution in [2.75, 3.05) is 19.8 Å². The van der Waals surface area contributed by atoms with Crippen molar-refractivity contribution in [3.05, 3.63) is 11.1 Å². The zero-order valence-electron chi connectivity index (χ0n) is 7.81. The summed E-state index contributed by atoms with van der Waals surface area (Å²) in [6.07, 6.45) is 6.22. The van der Waals surface area contributed by atoms with Gasteiger partial charge in [0.25, 0.3) is 0 Å². The summed E-state index contributed by atoms with van der Waals surface area (Å²) in [5.41, 5.74) is 0. The fourth-order valence-corrected chi connectivity index (χ4v) is 1.07. The molecule has 1 aliphatic rings. The van der Waals surface area contributed by atoms with Crippen LogP contribution in [0.3, 0.4) is 0 Å². The summed E-state index contributed by atoms with van der Waals surface area (Å²) in [5.74, 6) is 0. The second-order valence-electron chi connectivity index (χ2n) is 2.48. The molecule has 0 atom stereocenters. The highest BCUT2D eigenvalue weighted by Crippen LogP contribution is 2.06. The first-order valence-corrected chi connectivity index (χ1v) is 4.97. The Morgan fingerprint density at radius 3 is 2.21 bits per heavy atom. The topological polar surface area (TPSA) is 17.2 Å². The number of halogens is 4. The van der Waals surface area contributed by atoms with E-state index in [1.165, 1.54) is 5.03 Å². The van der Waals surface area contributed by atoms with Gasteiger partial charge in [-0.25, -0.2) is 4.99 Å². The Kier molecular flexibility index (Phi) is 5.67. The molecule has 1 heterocycles. The third-order valence-electron chi connectivity index (χ3n) is 1.21. The number of hydrogen-bond acceptors (Lipinski definition) is 2. The van der Waals surface area contributed by atoms with Crippen LogP contribution in [0.4, 0.5) is 17.3 Å². The SMILES string of the molecule is CSC1=CCN(C)C=[NH+]1.F[B-](F)(F)F. The minimum atomic E-state index is -6.00. The average Bonchev–Trinajstić information content (AvgIpc) is 2.03. The van der Waals surface area contributed by atoms with Gasteiger partial charge in [-0.15, -0.1) is 0 Å². The average molecular weight is 230 g/mol. The van der Waals surface area contributed by atoms with Gasteiger partial charge in [0.05, 0.1) is 7.05 Å². The van der Waals surface area contributed by atoms with Gasteiger partial charge in [0.1, 0.15) is 6.54 Å². The number of rotatable bonds is 1. The highest BCUT2D eigenvalue weighted by molar-refractivity contribution is 8.02. The van der Waals surface area contributed by atoms with Crippen LogP contribution in [0, 0.1) is 0 Å². The molecule has 8 heteroatoms. The fourth-order valence-electron chi connectivity index (χ4n) is 0.655. The van der Waals surface area contributed by atoms with Crippen LogP contribution in [-0.2, 0) is 0 Å². The molecule has 0 aromatic heterocycles. The van der Waals surface area contributed by atoms with E-state index >= 15 is 0 Å². The van der Waals surface area contributed by atoms with Crippen LogP contribution in [0.2, 0.25) is 0 Å². The Labute approximate surface area is 84.2 Å². The molecule has 0 bridgehead atoms. The monoisotopic (exact) mass is 230 g/mol. The molecule has 0 fully saturated rings. The number of nitrogens with one attached hydrogen (secondary N) is 1. The van der Waals surface area contributed by atoms with Crippen molar-refractivity contribution in [2.24, 2.45) is 0 Å². The van der Waals surface area contributed by atoms with E-state index in [2.05, 4.69) is 22.2 Å². The Morgan fingerprint density at radius 1 is 1.43 bits per heavy atom. The molecule has 1 rings (SSSR count). The summed E-state index contributed by atoms with van der Waals surface area (Å²) < 4.78 is 39.0. The third-order valence-corrected chi connectivity index (χ3v) is 1.94.